The summed E-state index contributed by atoms with van der Waals surface area (Å²) in [6, 6.07) is 8.04. The van der Waals surface area contributed by atoms with E-state index in [1.807, 2.05) is 13.0 Å². The first-order valence-corrected chi connectivity index (χ1v) is 8.69. The molecule has 2 aromatic heterocycles. The Hall–Kier alpha value is -2.91. The summed E-state index contributed by atoms with van der Waals surface area (Å²) in [5.41, 5.74) is 7.12. The number of imidazole rings is 1. The smallest absolute Gasteiger partial charge is 0.256 e. The molecular weight excluding hydrogens is 351 g/mol. The van der Waals surface area contributed by atoms with Gasteiger partial charge in [-0.05, 0) is 18.6 Å². The Morgan fingerprint density at radius 3 is 2.78 bits per heavy atom. The Balaban J connectivity index is 1.65. The van der Waals surface area contributed by atoms with E-state index in [4.69, 9.17) is 10.5 Å². The molecule has 4 rings (SSSR count). The average Bonchev–Trinajstić information content (AvgIpc) is 3.25. The molecule has 1 aromatic carbocycles. The molecule has 27 heavy (non-hydrogen) atoms. The van der Waals surface area contributed by atoms with Gasteiger partial charge in [-0.25, -0.2) is 19.3 Å². The van der Waals surface area contributed by atoms with Crippen molar-refractivity contribution in [3.63, 3.8) is 0 Å². The SMILES string of the molecule is CC[C@H]1O[C@@H](n2cnc3c(NC(=O)c4ccccc4)ncnc32)[C@H](F)[C@@H]1N. The molecule has 0 bridgehead atoms. The number of carbonyl (C=O) groups is 1. The lowest BCUT2D eigenvalue weighted by molar-refractivity contribution is -0.0177. The number of hydrogen-bond donors (Lipinski definition) is 2. The van der Waals surface area contributed by atoms with Gasteiger partial charge >= 0.3 is 0 Å². The summed E-state index contributed by atoms with van der Waals surface area (Å²) < 4.78 is 21.9. The number of nitrogens with zero attached hydrogens (tertiary/aromatic N) is 4. The maximum Gasteiger partial charge on any atom is 0.256 e. The third kappa shape index (κ3) is 3.04. The van der Waals surface area contributed by atoms with E-state index in [1.54, 1.807) is 24.3 Å². The van der Waals surface area contributed by atoms with Gasteiger partial charge < -0.3 is 15.8 Å². The summed E-state index contributed by atoms with van der Waals surface area (Å²) in [7, 11) is 0. The molecule has 1 aliphatic rings. The van der Waals surface area contributed by atoms with E-state index < -0.39 is 18.4 Å². The van der Waals surface area contributed by atoms with Crippen LogP contribution in [0, 0.1) is 0 Å². The molecule has 0 aliphatic carbocycles. The fourth-order valence-electron chi connectivity index (χ4n) is 3.23. The second kappa shape index (κ2) is 7.01. The van der Waals surface area contributed by atoms with Gasteiger partial charge in [-0.3, -0.25) is 9.36 Å². The largest absolute Gasteiger partial charge is 0.350 e. The van der Waals surface area contributed by atoms with Crippen LogP contribution in [0.4, 0.5) is 10.2 Å². The first kappa shape index (κ1) is 17.5. The first-order chi connectivity index (χ1) is 13.1. The maximum atomic E-state index is 14.6. The number of rotatable bonds is 4. The van der Waals surface area contributed by atoms with E-state index in [0.717, 1.165) is 0 Å². The third-order valence-electron chi connectivity index (χ3n) is 4.69. The summed E-state index contributed by atoms with van der Waals surface area (Å²) in [5.74, 6) is -0.0731. The Labute approximate surface area is 154 Å². The maximum absolute atomic E-state index is 14.6. The Bertz CT molecular complexity index is 963. The van der Waals surface area contributed by atoms with E-state index in [-0.39, 0.29) is 17.8 Å². The molecule has 9 heteroatoms. The number of anilines is 1. The normalized spacial score (nSPS) is 25.0. The second-order valence-corrected chi connectivity index (χ2v) is 6.36. The lowest BCUT2D eigenvalue weighted by Crippen LogP contribution is -2.37. The fraction of sp³-hybridized carbons (Fsp3) is 0.333. The van der Waals surface area contributed by atoms with Crippen LogP contribution in [-0.4, -0.2) is 43.7 Å². The fourth-order valence-corrected chi connectivity index (χ4v) is 3.23. The molecule has 0 unspecified atom stereocenters. The molecule has 1 fully saturated rings. The van der Waals surface area contributed by atoms with Crippen LogP contribution < -0.4 is 11.1 Å². The Morgan fingerprint density at radius 2 is 2.07 bits per heavy atom. The molecule has 3 aromatic rings. The molecule has 3 heterocycles. The highest BCUT2D eigenvalue weighted by Gasteiger charge is 2.43. The molecule has 1 aliphatic heterocycles. The zero-order valence-electron chi connectivity index (χ0n) is 14.6. The van der Waals surface area contributed by atoms with E-state index >= 15 is 0 Å². The number of nitrogens with two attached hydrogens (primary N) is 1. The number of aromatic nitrogens is 4. The van der Waals surface area contributed by atoms with Crippen LogP contribution in [0.5, 0.6) is 0 Å². The zero-order chi connectivity index (χ0) is 19.0. The van der Waals surface area contributed by atoms with E-state index in [1.165, 1.54) is 17.2 Å². The predicted octanol–water partition coefficient (Wildman–Crippen LogP) is 2.05. The van der Waals surface area contributed by atoms with Crippen molar-refractivity contribution < 1.29 is 13.9 Å². The Kier molecular flexibility index (Phi) is 4.54. The zero-order valence-corrected chi connectivity index (χ0v) is 14.6. The first-order valence-electron chi connectivity index (χ1n) is 8.69. The monoisotopic (exact) mass is 370 g/mol. The van der Waals surface area contributed by atoms with Crippen LogP contribution in [0.1, 0.15) is 29.9 Å². The number of carbonyl (C=O) groups excluding carboxylic acids is 1. The molecule has 140 valence electrons. The van der Waals surface area contributed by atoms with Gasteiger partial charge in [0.2, 0.25) is 0 Å². The van der Waals surface area contributed by atoms with Crippen molar-refractivity contribution in [2.75, 3.05) is 5.32 Å². The summed E-state index contributed by atoms with van der Waals surface area (Å²) in [6.07, 6.45) is 0.659. The molecule has 0 spiro atoms. The lowest BCUT2D eigenvalue weighted by Gasteiger charge is -2.15. The number of ether oxygens (including phenoxy) is 1. The van der Waals surface area contributed by atoms with Crippen molar-refractivity contribution in [3.05, 3.63) is 48.5 Å². The molecule has 4 atom stereocenters. The minimum Gasteiger partial charge on any atom is -0.350 e. The quantitative estimate of drug-likeness (QED) is 0.728. The molecule has 3 N–H and O–H groups in total. The summed E-state index contributed by atoms with van der Waals surface area (Å²) in [6.45, 7) is 1.89. The molecule has 8 nitrogen and oxygen atoms in total. The molecule has 0 saturated carbocycles. The predicted molar refractivity (Wildman–Crippen MR) is 96.8 cm³/mol. The average molecular weight is 370 g/mol. The number of benzene rings is 1. The van der Waals surface area contributed by atoms with Gasteiger partial charge in [-0.1, -0.05) is 25.1 Å². The van der Waals surface area contributed by atoms with Crippen molar-refractivity contribution in [1.29, 1.82) is 0 Å². The van der Waals surface area contributed by atoms with Crippen LogP contribution in [-0.2, 0) is 4.74 Å². The highest BCUT2D eigenvalue weighted by molar-refractivity contribution is 6.06. The second-order valence-electron chi connectivity index (χ2n) is 6.36. The number of halogens is 1. The van der Waals surface area contributed by atoms with Crippen molar-refractivity contribution in [2.45, 2.75) is 37.9 Å². The summed E-state index contributed by atoms with van der Waals surface area (Å²) >= 11 is 0. The van der Waals surface area contributed by atoms with E-state index in [9.17, 15) is 9.18 Å². The molecular formula is C18H19FN6O2. The van der Waals surface area contributed by atoms with Crippen LogP contribution in [0.25, 0.3) is 11.2 Å². The van der Waals surface area contributed by atoms with Gasteiger partial charge in [0.05, 0.1) is 18.5 Å². The van der Waals surface area contributed by atoms with Crippen molar-refractivity contribution >= 4 is 22.9 Å². The minimum absolute atomic E-state index is 0.248. The molecule has 1 saturated heterocycles. The number of alkyl halides is 1. The van der Waals surface area contributed by atoms with Crippen molar-refractivity contribution in [1.82, 2.24) is 19.5 Å². The van der Waals surface area contributed by atoms with E-state index in [2.05, 4.69) is 20.3 Å². The number of hydrogen-bond acceptors (Lipinski definition) is 6. The van der Waals surface area contributed by atoms with Gasteiger partial charge in [-0.15, -0.1) is 0 Å². The number of nitrogens with one attached hydrogen (secondary N) is 1. The molecule has 1 amide bonds. The van der Waals surface area contributed by atoms with Gasteiger partial charge in [0.15, 0.2) is 29.4 Å². The third-order valence-corrected chi connectivity index (χ3v) is 4.69. The minimum atomic E-state index is -1.38. The van der Waals surface area contributed by atoms with Crippen LogP contribution in [0.2, 0.25) is 0 Å². The Morgan fingerprint density at radius 1 is 1.30 bits per heavy atom. The summed E-state index contributed by atoms with van der Waals surface area (Å²) in [5, 5.41) is 2.72. The van der Waals surface area contributed by atoms with Crippen LogP contribution >= 0.6 is 0 Å². The van der Waals surface area contributed by atoms with E-state index in [0.29, 0.717) is 23.1 Å². The lowest BCUT2D eigenvalue weighted by atomic mass is 10.1. The van der Waals surface area contributed by atoms with Crippen molar-refractivity contribution in [2.24, 2.45) is 5.73 Å². The van der Waals surface area contributed by atoms with Gasteiger partial charge in [0, 0.05) is 5.56 Å². The highest BCUT2D eigenvalue weighted by Crippen LogP contribution is 2.34. The standard InChI is InChI=1S/C18H19FN6O2/c1-2-11-13(20)12(19)18(27-11)25-9-23-14-15(21-8-22-16(14)25)24-17(26)10-6-4-3-5-7-10/h3-9,11-13,18H,2,20H2,1H3,(H,21,22,24,26)/t11-,12-,13-,18-/m1/s1. The van der Waals surface area contributed by atoms with Crippen molar-refractivity contribution in [3.8, 4) is 0 Å². The van der Waals surface area contributed by atoms with Crippen LogP contribution in [0.3, 0.4) is 0 Å². The van der Waals surface area contributed by atoms with Crippen LogP contribution in [0.15, 0.2) is 43.0 Å². The number of fused-ring (bicyclic) bond motifs is 1. The highest BCUT2D eigenvalue weighted by atomic mass is 19.1. The van der Waals surface area contributed by atoms with Gasteiger partial charge in [-0.2, -0.15) is 0 Å². The molecule has 0 radical (unpaired) electrons. The van der Waals surface area contributed by atoms with Gasteiger partial charge in [0.25, 0.3) is 5.91 Å². The number of amides is 1. The summed E-state index contributed by atoms with van der Waals surface area (Å²) in [4.78, 5) is 24.9. The van der Waals surface area contributed by atoms with Gasteiger partial charge in [0.1, 0.15) is 6.33 Å². The topological polar surface area (TPSA) is 108 Å².